The second-order valence-corrected chi connectivity index (χ2v) is 8.00. The van der Waals surface area contributed by atoms with Crippen LogP contribution in [0.3, 0.4) is 0 Å². The SMILES string of the molecule is Cc1ccn(-c2cccnc2)c(=O)c1C(=O)N1CCCC(c2nc(C(C)C)no2)C1. The van der Waals surface area contributed by atoms with Crippen molar-refractivity contribution in [3.05, 3.63) is 70.0 Å². The number of hydrogen-bond acceptors (Lipinski definition) is 6. The molecule has 1 atom stereocenters. The summed E-state index contributed by atoms with van der Waals surface area (Å²) in [6.45, 7) is 6.87. The van der Waals surface area contributed by atoms with Gasteiger partial charge in [-0.25, -0.2) is 0 Å². The number of carbonyl (C=O) groups excluding carboxylic acids is 1. The van der Waals surface area contributed by atoms with E-state index >= 15 is 0 Å². The van der Waals surface area contributed by atoms with Gasteiger partial charge >= 0.3 is 0 Å². The Morgan fingerprint density at radius 2 is 2.13 bits per heavy atom. The molecule has 0 aliphatic carbocycles. The summed E-state index contributed by atoms with van der Waals surface area (Å²) >= 11 is 0. The molecule has 8 heteroatoms. The predicted molar refractivity (Wildman–Crippen MR) is 111 cm³/mol. The van der Waals surface area contributed by atoms with Crippen molar-refractivity contribution in [2.24, 2.45) is 0 Å². The Labute approximate surface area is 174 Å². The monoisotopic (exact) mass is 407 g/mol. The lowest BCUT2D eigenvalue weighted by Gasteiger charge is -2.31. The summed E-state index contributed by atoms with van der Waals surface area (Å²) in [6, 6.07) is 5.33. The average molecular weight is 407 g/mol. The van der Waals surface area contributed by atoms with Gasteiger partial charge in [0.1, 0.15) is 5.56 Å². The number of likely N-dealkylation sites (tertiary alicyclic amines) is 1. The van der Waals surface area contributed by atoms with Crippen LogP contribution in [0.4, 0.5) is 0 Å². The zero-order chi connectivity index (χ0) is 21.3. The molecule has 1 fully saturated rings. The number of carbonyl (C=O) groups is 1. The highest BCUT2D eigenvalue weighted by molar-refractivity contribution is 5.95. The standard InChI is InChI=1S/C22H25N5O3/c1-14(2)19-24-20(30-25-19)16-6-5-10-26(13-16)21(28)18-15(3)8-11-27(22(18)29)17-7-4-9-23-12-17/h4,7-9,11-12,14,16H,5-6,10,13H2,1-3H3. The van der Waals surface area contributed by atoms with E-state index in [1.807, 2.05) is 13.8 Å². The molecule has 30 heavy (non-hydrogen) atoms. The number of nitrogens with zero attached hydrogens (tertiary/aromatic N) is 5. The van der Waals surface area contributed by atoms with Gasteiger partial charge in [0, 0.05) is 31.4 Å². The topological polar surface area (TPSA) is 94.1 Å². The van der Waals surface area contributed by atoms with Crippen LogP contribution < -0.4 is 5.56 Å². The molecule has 0 saturated carbocycles. The van der Waals surface area contributed by atoms with Crippen LogP contribution in [0.15, 0.2) is 46.1 Å². The first-order valence-electron chi connectivity index (χ1n) is 10.2. The van der Waals surface area contributed by atoms with Crippen molar-refractivity contribution in [1.29, 1.82) is 0 Å². The van der Waals surface area contributed by atoms with E-state index in [1.54, 1.807) is 48.6 Å². The van der Waals surface area contributed by atoms with Crippen LogP contribution >= 0.6 is 0 Å². The normalized spacial score (nSPS) is 16.8. The molecule has 3 aromatic rings. The lowest BCUT2D eigenvalue weighted by atomic mass is 9.97. The summed E-state index contributed by atoms with van der Waals surface area (Å²) < 4.78 is 6.91. The van der Waals surface area contributed by atoms with E-state index in [4.69, 9.17) is 4.52 Å². The van der Waals surface area contributed by atoms with Crippen molar-refractivity contribution in [2.75, 3.05) is 13.1 Å². The maximum atomic E-state index is 13.3. The Morgan fingerprint density at radius 1 is 1.30 bits per heavy atom. The van der Waals surface area contributed by atoms with Crippen LogP contribution in [-0.2, 0) is 0 Å². The van der Waals surface area contributed by atoms with E-state index < -0.39 is 0 Å². The first-order chi connectivity index (χ1) is 14.5. The maximum absolute atomic E-state index is 13.3. The molecular formula is C22H25N5O3. The maximum Gasteiger partial charge on any atom is 0.268 e. The molecule has 1 amide bonds. The molecule has 156 valence electrons. The molecule has 0 radical (unpaired) electrons. The van der Waals surface area contributed by atoms with Gasteiger partial charge in [-0.3, -0.25) is 19.1 Å². The first kappa shape index (κ1) is 20.0. The molecule has 1 saturated heterocycles. The van der Waals surface area contributed by atoms with Gasteiger partial charge in [0.25, 0.3) is 11.5 Å². The van der Waals surface area contributed by atoms with Gasteiger partial charge in [0.15, 0.2) is 5.82 Å². The highest BCUT2D eigenvalue weighted by Crippen LogP contribution is 2.27. The lowest BCUT2D eigenvalue weighted by molar-refractivity contribution is 0.0692. The summed E-state index contributed by atoms with van der Waals surface area (Å²) in [5.74, 6) is 1.14. The van der Waals surface area contributed by atoms with E-state index in [1.165, 1.54) is 4.57 Å². The van der Waals surface area contributed by atoms with Crippen molar-refractivity contribution in [2.45, 2.75) is 45.4 Å². The van der Waals surface area contributed by atoms with Crippen LogP contribution in [0.5, 0.6) is 0 Å². The quantitative estimate of drug-likeness (QED) is 0.660. The van der Waals surface area contributed by atoms with Gasteiger partial charge in [-0.05, 0) is 43.5 Å². The lowest BCUT2D eigenvalue weighted by Crippen LogP contribution is -2.42. The molecule has 0 bridgehead atoms. The van der Waals surface area contributed by atoms with Crippen LogP contribution in [0.25, 0.3) is 5.69 Å². The van der Waals surface area contributed by atoms with Crippen LogP contribution in [0.1, 0.15) is 66.2 Å². The highest BCUT2D eigenvalue weighted by atomic mass is 16.5. The largest absolute Gasteiger partial charge is 0.339 e. The van der Waals surface area contributed by atoms with Crippen LogP contribution in [0, 0.1) is 6.92 Å². The van der Waals surface area contributed by atoms with Gasteiger partial charge in [-0.15, -0.1) is 0 Å². The summed E-state index contributed by atoms with van der Waals surface area (Å²) in [5.41, 5.74) is 1.14. The molecule has 3 aromatic heterocycles. The molecule has 4 rings (SSSR count). The van der Waals surface area contributed by atoms with Gasteiger partial charge in [-0.2, -0.15) is 4.98 Å². The van der Waals surface area contributed by atoms with E-state index in [-0.39, 0.29) is 28.9 Å². The minimum Gasteiger partial charge on any atom is -0.339 e. The third-order valence-electron chi connectivity index (χ3n) is 5.47. The molecule has 1 unspecified atom stereocenters. The first-order valence-corrected chi connectivity index (χ1v) is 10.2. The van der Waals surface area contributed by atoms with Crippen molar-refractivity contribution in [3.8, 4) is 5.69 Å². The van der Waals surface area contributed by atoms with E-state index in [0.29, 0.717) is 36.1 Å². The van der Waals surface area contributed by atoms with Gasteiger partial charge in [-0.1, -0.05) is 19.0 Å². The fraction of sp³-hybridized carbons (Fsp3) is 0.409. The van der Waals surface area contributed by atoms with Crippen molar-refractivity contribution >= 4 is 5.91 Å². The minimum atomic E-state index is -0.338. The average Bonchev–Trinajstić information content (AvgIpc) is 3.25. The summed E-state index contributed by atoms with van der Waals surface area (Å²) in [5, 5.41) is 4.04. The Hall–Kier alpha value is -3.29. The van der Waals surface area contributed by atoms with Crippen LogP contribution in [-0.4, -0.2) is 43.6 Å². The molecule has 0 spiro atoms. The second-order valence-electron chi connectivity index (χ2n) is 8.00. The van der Waals surface area contributed by atoms with E-state index in [0.717, 1.165) is 12.8 Å². The Morgan fingerprint density at radius 3 is 2.83 bits per heavy atom. The Balaban J connectivity index is 1.62. The molecule has 1 aliphatic heterocycles. The Bertz CT molecular complexity index is 1100. The van der Waals surface area contributed by atoms with Gasteiger partial charge in [0.2, 0.25) is 5.89 Å². The van der Waals surface area contributed by atoms with Crippen molar-refractivity contribution < 1.29 is 9.32 Å². The highest BCUT2D eigenvalue weighted by Gasteiger charge is 2.31. The van der Waals surface area contributed by atoms with Crippen LogP contribution in [0.2, 0.25) is 0 Å². The smallest absolute Gasteiger partial charge is 0.268 e. The van der Waals surface area contributed by atoms with Gasteiger partial charge < -0.3 is 9.42 Å². The summed E-state index contributed by atoms with van der Waals surface area (Å²) in [7, 11) is 0. The molecular weight excluding hydrogens is 382 g/mol. The van der Waals surface area contributed by atoms with Crippen molar-refractivity contribution in [3.63, 3.8) is 0 Å². The fourth-order valence-electron chi connectivity index (χ4n) is 3.76. The molecule has 4 heterocycles. The van der Waals surface area contributed by atoms with Crippen molar-refractivity contribution in [1.82, 2.24) is 24.6 Å². The minimum absolute atomic E-state index is 0.0210. The molecule has 0 aromatic carbocycles. The van der Waals surface area contributed by atoms with E-state index in [2.05, 4.69) is 15.1 Å². The fourth-order valence-corrected chi connectivity index (χ4v) is 3.76. The summed E-state index contributed by atoms with van der Waals surface area (Å²) in [6.07, 6.45) is 6.61. The number of hydrogen-bond donors (Lipinski definition) is 0. The third kappa shape index (κ3) is 3.77. The molecule has 1 aliphatic rings. The number of pyridine rings is 2. The molecule has 8 nitrogen and oxygen atoms in total. The predicted octanol–water partition coefficient (Wildman–Crippen LogP) is 3.07. The number of aryl methyl sites for hydroxylation is 1. The van der Waals surface area contributed by atoms with Gasteiger partial charge in [0.05, 0.1) is 17.8 Å². The third-order valence-corrected chi connectivity index (χ3v) is 5.47. The zero-order valence-corrected chi connectivity index (χ0v) is 17.4. The zero-order valence-electron chi connectivity index (χ0n) is 17.4. The number of rotatable bonds is 4. The number of amides is 1. The number of piperidine rings is 1. The van der Waals surface area contributed by atoms with E-state index in [9.17, 15) is 9.59 Å². The summed E-state index contributed by atoms with van der Waals surface area (Å²) in [4.78, 5) is 36.8. The number of aromatic nitrogens is 4. The molecule has 0 N–H and O–H groups in total. The second kappa shape index (κ2) is 8.22. The Kier molecular flexibility index (Phi) is 5.48.